The Morgan fingerprint density at radius 2 is 1.29 bits per heavy atom. The second-order valence-electron chi connectivity index (χ2n) is 6.28. The van der Waals surface area contributed by atoms with Gasteiger partial charge in [0.15, 0.2) is 0 Å². The van der Waals surface area contributed by atoms with Gasteiger partial charge < -0.3 is 0 Å². The molecule has 24 heavy (non-hydrogen) atoms. The largest absolute Gasteiger partial charge is 0.0984 e. The lowest BCUT2D eigenvalue weighted by molar-refractivity contribution is 1.72. The second kappa shape index (κ2) is 4.69. The van der Waals surface area contributed by atoms with Gasteiger partial charge in [-0.05, 0) is 60.3 Å². The van der Waals surface area contributed by atoms with E-state index in [4.69, 9.17) is 0 Å². The molecule has 0 saturated carbocycles. The molecule has 0 heterocycles. The molecule has 0 bridgehead atoms. The lowest BCUT2D eigenvalue weighted by Crippen LogP contribution is -1.91. The molecule has 5 aromatic carbocycles. The van der Waals surface area contributed by atoms with Gasteiger partial charge in [-0.1, -0.05) is 79.9 Å². The van der Waals surface area contributed by atoms with Crippen molar-refractivity contribution in [2.24, 2.45) is 0 Å². The van der Waals surface area contributed by atoms with Crippen molar-refractivity contribution in [2.45, 2.75) is 0 Å². The molecule has 0 radical (unpaired) electrons. The fraction of sp³-hybridized carbons (Fsp3) is 0. The fourth-order valence-electron chi connectivity index (χ4n) is 4.14. The van der Waals surface area contributed by atoms with Crippen molar-refractivity contribution < 1.29 is 0 Å². The molecule has 0 heteroatoms. The van der Waals surface area contributed by atoms with Crippen LogP contribution in [0.1, 0.15) is 11.1 Å². The molecule has 0 aliphatic carbocycles. The summed E-state index contributed by atoms with van der Waals surface area (Å²) in [5.41, 5.74) is 2.31. The van der Waals surface area contributed by atoms with Crippen LogP contribution in [-0.2, 0) is 0 Å². The molecule has 0 spiro atoms. The molecule has 0 N–H and O–H groups in total. The summed E-state index contributed by atoms with van der Waals surface area (Å²) in [7, 11) is 0. The standard InChI is InChI=1S/C24H16/c1-3-15-14-17-13-12-16-8-7-11-20-19-9-5-6-10-21(19)24(18(15)4-2)23(17)22(16)20/h3-14H,1-2H2. The molecule has 0 aliphatic heterocycles. The Bertz CT molecular complexity index is 1270. The van der Waals surface area contributed by atoms with E-state index in [1.165, 1.54) is 48.7 Å². The van der Waals surface area contributed by atoms with Gasteiger partial charge in [-0.3, -0.25) is 0 Å². The van der Waals surface area contributed by atoms with Gasteiger partial charge in [0.1, 0.15) is 0 Å². The van der Waals surface area contributed by atoms with E-state index in [1.807, 2.05) is 12.2 Å². The normalized spacial score (nSPS) is 11.7. The summed E-state index contributed by atoms with van der Waals surface area (Å²) in [4.78, 5) is 0. The molecule has 0 aliphatic rings. The molecule has 5 aromatic rings. The highest BCUT2D eigenvalue weighted by Crippen LogP contribution is 2.43. The molecule has 0 aromatic heterocycles. The zero-order valence-corrected chi connectivity index (χ0v) is 13.3. The van der Waals surface area contributed by atoms with E-state index in [0.717, 1.165) is 5.56 Å². The van der Waals surface area contributed by atoms with Crippen molar-refractivity contribution in [2.75, 3.05) is 0 Å². The second-order valence-corrected chi connectivity index (χ2v) is 6.28. The van der Waals surface area contributed by atoms with Crippen LogP contribution in [0, 0.1) is 0 Å². The monoisotopic (exact) mass is 304 g/mol. The maximum atomic E-state index is 4.08. The number of rotatable bonds is 2. The average molecular weight is 304 g/mol. The molecule has 0 saturated heterocycles. The smallest absolute Gasteiger partial charge is 0.00139 e. The third kappa shape index (κ3) is 1.53. The molecule has 0 nitrogen and oxygen atoms in total. The zero-order valence-electron chi connectivity index (χ0n) is 13.3. The minimum absolute atomic E-state index is 1.14. The van der Waals surface area contributed by atoms with Crippen LogP contribution in [-0.4, -0.2) is 0 Å². The molecular formula is C24H16. The zero-order chi connectivity index (χ0) is 16.3. The topological polar surface area (TPSA) is 0 Å². The fourth-order valence-corrected chi connectivity index (χ4v) is 4.14. The van der Waals surface area contributed by atoms with Crippen LogP contribution in [0.2, 0.25) is 0 Å². The van der Waals surface area contributed by atoms with Crippen molar-refractivity contribution in [3.05, 3.63) is 84.9 Å². The van der Waals surface area contributed by atoms with E-state index in [0.29, 0.717) is 0 Å². The first-order valence-electron chi connectivity index (χ1n) is 8.20. The third-order valence-electron chi connectivity index (χ3n) is 5.13. The first kappa shape index (κ1) is 13.3. The van der Waals surface area contributed by atoms with Crippen molar-refractivity contribution in [3.63, 3.8) is 0 Å². The Kier molecular flexibility index (Phi) is 2.60. The van der Waals surface area contributed by atoms with Gasteiger partial charge in [0.05, 0.1) is 0 Å². The molecule has 0 fully saturated rings. The Hall–Kier alpha value is -3.12. The van der Waals surface area contributed by atoms with Crippen molar-refractivity contribution in [1.29, 1.82) is 0 Å². The average Bonchev–Trinajstić information content (AvgIpc) is 2.65. The van der Waals surface area contributed by atoms with Crippen molar-refractivity contribution in [1.82, 2.24) is 0 Å². The first-order valence-corrected chi connectivity index (χ1v) is 8.20. The molecule has 0 unspecified atom stereocenters. The summed E-state index contributed by atoms with van der Waals surface area (Å²) >= 11 is 0. The summed E-state index contributed by atoms with van der Waals surface area (Å²) in [5.74, 6) is 0. The Balaban J connectivity index is 2.30. The van der Waals surface area contributed by atoms with Crippen LogP contribution in [0.5, 0.6) is 0 Å². The molecule has 0 atom stereocenters. The maximum Gasteiger partial charge on any atom is -0.00139 e. The van der Waals surface area contributed by atoms with Crippen LogP contribution in [0.15, 0.2) is 73.8 Å². The highest BCUT2D eigenvalue weighted by molar-refractivity contribution is 6.35. The highest BCUT2D eigenvalue weighted by atomic mass is 14.2. The van der Waals surface area contributed by atoms with E-state index < -0.39 is 0 Å². The highest BCUT2D eigenvalue weighted by Gasteiger charge is 2.16. The van der Waals surface area contributed by atoms with Gasteiger partial charge in [-0.25, -0.2) is 0 Å². The Morgan fingerprint density at radius 1 is 0.583 bits per heavy atom. The van der Waals surface area contributed by atoms with E-state index >= 15 is 0 Å². The number of benzene rings is 5. The minimum atomic E-state index is 1.14. The summed E-state index contributed by atoms with van der Waals surface area (Å²) in [6, 6.07) is 21.9. The summed E-state index contributed by atoms with van der Waals surface area (Å²) in [6.07, 6.45) is 3.90. The molecule has 5 rings (SSSR count). The van der Waals surface area contributed by atoms with E-state index in [-0.39, 0.29) is 0 Å². The van der Waals surface area contributed by atoms with Gasteiger partial charge in [0.25, 0.3) is 0 Å². The quantitative estimate of drug-likeness (QED) is 0.243. The number of fused-ring (bicyclic) bond motifs is 3. The number of hydrogen-bond donors (Lipinski definition) is 0. The van der Waals surface area contributed by atoms with Gasteiger partial charge in [-0.2, -0.15) is 0 Å². The molecule has 0 amide bonds. The van der Waals surface area contributed by atoms with E-state index in [9.17, 15) is 0 Å². The minimum Gasteiger partial charge on any atom is -0.0984 e. The predicted molar refractivity (Wildman–Crippen MR) is 108 cm³/mol. The lowest BCUT2D eigenvalue weighted by Gasteiger charge is -2.18. The van der Waals surface area contributed by atoms with Crippen LogP contribution >= 0.6 is 0 Å². The van der Waals surface area contributed by atoms with Crippen LogP contribution in [0.3, 0.4) is 0 Å². The summed E-state index contributed by atoms with van der Waals surface area (Å²) in [5, 5.41) is 10.4. The predicted octanol–water partition coefficient (Wildman–Crippen LogP) is 7.02. The van der Waals surface area contributed by atoms with Crippen LogP contribution < -0.4 is 0 Å². The van der Waals surface area contributed by atoms with Crippen molar-refractivity contribution >= 4 is 55.2 Å². The Labute approximate surface area is 140 Å². The van der Waals surface area contributed by atoms with Crippen LogP contribution in [0.4, 0.5) is 0 Å². The SMILES string of the molecule is C=Cc1cc2ccc3cccc4c5ccccc5c(c1C=C)c2c34. The Morgan fingerprint density at radius 3 is 2.08 bits per heavy atom. The summed E-state index contributed by atoms with van der Waals surface area (Å²) < 4.78 is 0. The van der Waals surface area contributed by atoms with Crippen molar-refractivity contribution in [3.8, 4) is 0 Å². The third-order valence-corrected chi connectivity index (χ3v) is 5.13. The van der Waals surface area contributed by atoms with E-state index in [1.54, 1.807) is 0 Å². The van der Waals surface area contributed by atoms with Gasteiger partial charge in [-0.15, -0.1) is 0 Å². The first-order chi connectivity index (χ1) is 11.8. The number of hydrogen-bond acceptors (Lipinski definition) is 0. The molecule has 112 valence electrons. The molecular weight excluding hydrogens is 288 g/mol. The van der Waals surface area contributed by atoms with Crippen LogP contribution in [0.25, 0.3) is 55.2 Å². The summed E-state index contributed by atoms with van der Waals surface area (Å²) in [6.45, 7) is 8.09. The van der Waals surface area contributed by atoms with Gasteiger partial charge in [0, 0.05) is 0 Å². The van der Waals surface area contributed by atoms with Gasteiger partial charge >= 0.3 is 0 Å². The van der Waals surface area contributed by atoms with Gasteiger partial charge in [0.2, 0.25) is 0 Å². The lowest BCUT2D eigenvalue weighted by atomic mass is 9.85. The van der Waals surface area contributed by atoms with E-state index in [2.05, 4.69) is 73.8 Å². The maximum absolute atomic E-state index is 4.08.